The number of hydrogen-bond acceptors (Lipinski definition) is 4. The van der Waals surface area contributed by atoms with Crippen LogP contribution < -0.4 is 0 Å². The summed E-state index contributed by atoms with van der Waals surface area (Å²) in [7, 11) is -3.84. The van der Waals surface area contributed by atoms with Crippen molar-refractivity contribution in [2.75, 3.05) is 13.7 Å². The lowest BCUT2D eigenvalue weighted by Gasteiger charge is -2.21. The molecular formula is C8H15FO5S. The van der Waals surface area contributed by atoms with Crippen molar-refractivity contribution in [1.29, 1.82) is 0 Å². The molecule has 0 aliphatic carbocycles. The molecule has 0 aromatic carbocycles. The Kier molecular flexibility index (Phi) is 4.82. The Hall–Kier alpha value is -0.530. The molecule has 0 amide bonds. The summed E-state index contributed by atoms with van der Waals surface area (Å²) in [6.07, 6.45) is -0.709. The molecule has 1 atom stereocenters. The third-order valence-corrected chi connectivity index (χ3v) is 3.15. The minimum absolute atomic E-state index is 0.269. The maximum absolute atomic E-state index is 13.9. The Morgan fingerprint density at radius 2 is 2.00 bits per heavy atom. The van der Waals surface area contributed by atoms with Gasteiger partial charge < -0.3 is 4.74 Å². The van der Waals surface area contributed by atoms with E-state index in [1.54, 1.807) is 0 Å². The molecule has 0 heterocycles. The van der Waals surface area contributed by atoms with E-state index in [9.17, 15) is 17.6 Å². The van der Waals surface area contributed by atoms with Crippen molar-refractivity contribution in [2.45, 2.75) is 25.3 Å². The highest BCUT2D eigenvalue weighted by molar-refractivity contribution is 7.87. The monoisotopic (exact) mass is 242 g/mol. The van der Waals surface area contributed by atoms with Crippen LogP contribution in [0.1, 0.15) is 20.3 Å². The summed E-state index contributed by atoms with van der Waals surface area (Å²) < 4.78 is 48.7. The number of Topliss-reactive ketones (excluding diaryl/α,β-unsaturated/α-hetero) is 1. The summed E-state index contributed by atoms with van der Waals surface area (Å²) in [5, 5.41) is -3.27. The molecule has 15 heavy (non-hydrogen) atoms. The van der Waals surface area contributed by atoms with Crippen LogP contribution in [0.3, 0.4) is 0 Å². The molecule has 0 spiro atoms. The first-order valence-corrected chi connectivity index (χ1v) is 5.80. The van der Waals surface area contributed by atoms with Crippen LogP contribution in [0.2, 0.25) is 0 Å². The van der Waals surface area contributed by atoms with Gasteiger partial charge in [0.2, 0.25) is 0 Å². The zero-order chi connectivity index (χ0) is 12.3. The number of carbonyl (C=O) groups excluding carboxylic acids is 1. The average Bonchev–Trinajstić information content (AvgIpc) is 2.10. The SMILES string of the molecule is COCCC(F)(C(=O)C(C)C)S(=O)(=O)O. The van der Waals surface area contributed by atoms with Gasteiger partial charge in [0.25, 0.3) is 5.00 Å². The summed E-state index contributed by atoms with van der Waals surface area (Å²) in [4.78, 5) is 11.3. The summed E-state index contributed by atoms with van der Waals surface area (Å²) in [6, 6.07) is 0. The fourth-order valence-corrected chi connectivity index (χ4v) is 1.87. The second-order valence-corrected chi connectivity index (χ2v) is 5.06. The highest BCUT2D eigenvalue weighted by Gasteiger charge is 2.51. The topological polar surface area (TPSA) is 80.7 Å². The van der Waals surface area contributed by atoms with E-state index in [1.165, 1.54) is 21.0 Å². The second-order valence-electron chi connectivity index (χ2n) is 3.47. The minimum atomic E-state index is -5.08. The number of rotatable bonds is 6. The van der Waals surface area contributed by atoms with Crippen LogP contribution in [0.5, 0.6) is 0 Å². The Labute approximate surface area is 88.4 Å². The van der Waals surface area contributed by atoms with Gasteiger partial charge in [0, 0.05) is 19.4 Å². The van der Waals surface area contributed by atoms with Crippen molar-refractivity contribution >= 4 is 15.9 Å². The Morgan fingerprint density at radius 3 is 2.27 bits per heavy atom. The van der Waals surface area contributed by atoms with Crippen molar-refractivity contribution in [1.82, 2.24) is 0 Å². The van der Waals surface area contributed by atoms with Gasteiger partial charge in [-0.2, -0.15) is 8.42 Å². The Balaban J connectivity index is 5.13. The number of ether oxygens (including phenoxy) is 1. The Bertz CT molecular complexity index is 324. The number of alkyl halides is 1. The first-order chi connectivity index (χ1) is 6.66. The Morgan fingerprint density at radius 1 is 1.53 bits per heavy atom. The lowest BCUT2D eigenvalue weighted by Crippen LogP contribution is -2.45. The molecule has 0 saturated carbocycles. The zero-order valence-corrected chi connectivity index (χ0v) is 9.67. The van der Waals surface area contributed by atoms with Crippen LogP contribution >= 0.6 is 0 Å². The van der Waals surface area contributed by atoms with E-state index in [4.69, 9.17) is 4.55 Å². The van der Waals surface area contributed by atoms with Gasteiger partial charge in [-0.1, -0.05) is 13.8 Å². The fourth-order valence-electron chi connectivity index (χ4n) is 1.04. The zero-order valence-electron chi connectivity index (χ0n) is 8.86. The van der Waals surface area contributed by atoms with E-state index in [2.05, 4.69) is 4.74 Å². The molecular weight excluding hydrogens is 227 g/mol. The molecule has 90 valence electrons. The van der Waals surface area contributed by atoms with Crippen molar-refractivity contribution in [3.05, 3.63) is 0 Å². The van der Waals surface area contributed by atoms with Crippen LogP contribution in [0.15, 0.2) is 0 Å². The maximum atomic E-state index is 13.9. The minimum Gasteiger partial charge on any atom is -0.385 e. The molecule has 0 bridgehead atoms. The summed E-state index contributed by atoms with van der Waals surface area (Å²) in [5.41, 5.74) is 0. The molecule has 0 aromatic rings. The van der Waals surface area contributed by atoms with Crippen LogP contribution in [-0.4, -0.2) is 37.5 Å². The average molecular weight is 242 g/mol. The van der Waals surface area contributed by atoms with Crippen LogP contribution in [0.25, 0.3) is 0 Å². The number of ketones is 1. The number of carbonyl (C=O) groups is 1. The van der Waals surface area contributed by atoms with Gasteiger partial charge in [-0.3, -0.25) is 9.35 Å². The van der Waals surface area contributed by atoms with Gasteiger partial charge >= 0.3 is 10.1 Å². The highest BCUT2D eigenvalue weighted by atomic mass is 32.2. The molecule has 7 heteroatoms. The van der Waals surface area contributed by atoms with E-state index < -0.39 is 33.2 Å². The van der Waals surface area contributed by atoms with Crippen molar-refractivity contribution in [3.63, 3.8) is 0 Å². The molecule has 0 rings (SSSR count). The van der Waals surface area contributed by atoms with E-state index >= 15 is 0 Å². The van der Waals surface area contributed by atoms with Gasteiger partial charge in [-0.15, -0.1) is 0 Å². The van der Waals surface area contributed by atoms with Gasteiger partial charge in [-0.05, 0) is 0 Å². The highest BCUT2D eigenvalue weighted by Crippen LogP contribution is 2.27. The number of methoxy groups -OCH3 is 1. The van der Waals surface area contributed by atoms with E-state index in [0.29, 0.717) is 0 Å². The molecule has 0 saturated heterocycles. The predicted octanol–water partition coefficient (Wildman–Crippen LogP) is 0.802. The normalized spacial score (nSPS) is 16.4. The number of halogens is 1. The summed E-state index contributed by atoms with van der Waals surface area (Å²) in [5.74, 6) is -1.99. The first kappa shape index (κ1) is 14.5. The van der Waals surface area contributed by atoms with Gasteiger partial charge in [0.15, 0.2) is 5.78 Å². The van der Waals surface area contributed by atoms with Crippen molar-refractivity contribution in [3.8, 4) is 0 Å². The smallest absolute Gasteiger partial charge is 0.308 e. The predicted molar refractivity (Wildman–Crippen MR) is 51.7 cm³/mol. The molecule has 0 radical (unpaired) electrons. The molecule has 0 aliphatic rings. The molecule has 1 unspecified atom stereocenters. The molecule has 0 aliphatic heterocycles. The third-order valence-electron chi connectivity index (χ3n) is 1.93. The summed E-state index contributed by atoms with van der Waals surface area (Å²) in [6.45, 7) is 2.44. The lowest BCUT2D eigenvalue weighted by molar-refractivity contribution is -0.129. The quantitative estimate of drug-likeness (QED) is 0.697. The standard InChI is InChI=1S/C8H15FO5S/c1-6(2)7(10)8(9,4-5-14-3)15(11,12)13/h6H,4-5H2,1-3H3,(H,11,12,13). The van der Waals surface area contributed by atoms with Gasteiger partial charge in [0.1, 0.15) is 0 Å². The second kappa shape index (κ2) is 5.00. The van der Waals surface area contributed by atoms with Crippen molar-refractivity contribution < 1.29 is 26.9 Å². The third kappa shape index (κ3) is 3.22. The molecule has 5 nitrogen and oxygen atoms in total. The van der Waals surface area contributed by atoms with Crippen molar-refractivity contribution in [2.24, 2.45) is 5.92 Å². The molecule has 1 N–H and O–H groups in total. The number of hydrogen-bond donors (Lipinski definition) is 1. The molecule has 0 fully saturated rings. The maximum Gasteiger partial charge on any atom is 0.308 e. The fraction of sp³-hybridized carbons (Fsp3) is 0.875. The molecule has 0 aromatic heterocycles. The van der Waals surface area contributed by atoms with Crippen LogP contribution in [0.4, 0.5) is 4.39 Å². The van der Waals surface area contributed by atoms with E-state index in [-0.39, 0.29) is 6.61 Å². The summed E-state index contributed by atoms with van der Waals surface area (Å²) >= 11 is 0. The van der Waals surface area contributed by atoms with Crippen LogP contribution in [-0.2, 0) is 19.6 Å². The first-order valence-electron chi connectivity index (χ1n) is 4.36. The lowest BCUT2D eigenvalue weighted by atomic mass is 10.0. The van der Waals surface area contributed by atoms with Gasteiger partial charge in [-0.25, -0.2) is 4.39 Å². The largest absolute Gasteiger partial charge is 0.385 e. The van der Waals surface area contributed by atoms with Crippen LogP contribution in [0, 0.1) is 5.92 Å². The van der Waals surface area contributed by atoms with E-state index in [1.807, 2.05) is 0 Å². The van der Waals surface area contributed by atoms with E-state index in [0.717, 1.165) is 0 Å². The van der Waals surface area contributed by atoms with Gasteiger partial charge in [0.05, 0.1) is 6.61 Å².